The highest BCUT2D eigenvalue weighted by atomic mass is 79.9. The zero-order valence-corrected chi connectivity index (χ0v) is 11.9. The molecule has 1 rings (SSSR count). The van der Waals surface area contributed by atoms with E-state index in [9.17, 15) is 4.79 Å². The normalized spacial score (nSPS) is 10.9. The van der Waals surface area contributed by atoms with Crippen LogP contribution >= 0.6 is 27.7 Å². The van der Waals surface area contributed by atoms with Crippen molar-refractivity contribution in [2.75, 3.05) is 5.75 Å². The van der Waals surface area contributed by atoms with Gasteiger partial charge in [-0.3, -0.25) is 4.79 Å². The van der Waals surface area contributed by atoms with Crippen molar-refractivity contribution in [1.29, 1.82) is 0 Å². The standard InChI is InChI=1S/C13H15BrOS/c1-10-9-12(6-7-13(10)14)5-3-4-8-16-11(2)15/h3,5-7,9H,4,8H2,1-2H3. The lowest BCUT2D eigenvalue weighted by atomic mass is 10.1. The van der Waals surface area contributed by atoms with Crippen LogP contribution in [0.25, 0.3) is 6.08 Å². The first-order valence-corrected chi connectivity index (χ1v) is 6.93. The van der Waals surface area contributed by atoms with Crippen molar-refractivity contribution >= 4 is 38.9 Å². The summed E-state index contributed by atoms with van der Waals surface area (Å²) in [6.07, 6.45) is 5.14. The Bertz CT molecular complexity index is 399. The molecule has 0 spiro atoms. The molecule has 0 aliphatic rings. The largest absolute Gasteiger partial charge is 0.288 e. The number of aryl methyl sites for hydroxylation is 1. The van der Waals surface area contributed by atoms with E-state index in [0.29, 0.717) is 0 Å². The quantitative estimate of drug-likeness (QED) is 0.765. The van der Waals surface area contributed by atoms with Gasteiger partial charge in [-0.1, -0.05) is 52.0 Å². The van der Waals surface area contributed by atoms with Gasteiger partial charge in [0.25, 0.3) is 0 Å². The van der Waals surface area contributed by atoms with Gasteiger partial charge in [0.15, 0.2) is 5.12 Å². The molecule has 16 heavy (non-hydrogen) atoms. The number of hydrogen-bond acceptors (Lipinski definition) is 2. The predicted octanol–water partition coefficient (Wildman–Crippen LogP) is 4.44. The summed E-state index contributed by atoms with van der Waals surface area (Å²) in [5, 5.41) is 0.188. The highest BCUT2D eigenvalue weighted by Crippen LogP contribution is 2.18. The second kappa shape index (κ2) is 6.92. The Morgan fingerprint density at radius 2 is 2.25 bits per heavy atom. The summed E-state index contributed by atoms with van der Waals surface area (Å²) >= 11 is 4.85. The maximum atomic E-state index is 10.7. The minimum Gasteiger partial charge on any atom is -0.288 e. The first kappa shape index (κ1) is 13.5. The third-order valence-electron chi connectivity index (χ3n) is 2.08. The molecule has 0 saturated carbocycles. The lowest BCUT2D eigenvalue weighted by Crippen LogP contribution is -1.83. The van der Waals surface area contributed by atoms with Crippen molar-refractivity contribution in [3.8, 4) is 0 Å². The molecule has 0 radical (unpaired) electrons. The molecular weight excluding hydrogens is 284 g/mol. The number of rotatable bonds is 4. The number of benzene rings is 1. The van der Waals surface area contributed by atoms with Gasteiger partial charge in [0.05, 0.1) is 0 Å². The maximum Gasteiger partial charge on any atom is 0.185 e. The number of hydrogen-bond donors (Lipinski definition) is 0. The summed E-state index contributed by atoms with van der Waals surface area (Å²) in [6.45, 7) is 3.68. The second-order valence-corrected chi connectivity index (χ2v) is 5.67. The molecule has 0 bridgehead atoms. The summed E-state index contributed by atoms with van der Waals surface area (Å²) in [5.41, 5.74) is 2.44. The van der Waals surface area contributed by atoms with E-state index in [1.165, 1.54) is 22.9 Å². The van der Waals surface area contributed by atoms with Crippen LogP contribution in [0.3, 0.4) is 0 Å². The molecule has 0 saturated heterocycles. The van der Waals surface area contributed by atoms with Crippen LogP contribution in [0.1, 0.15) is 24.5 Å². The van der Waals surface area contributed by atoms with Crippen LogP contribution in [-0.2, 0) is 4.79 Å². The third-order valence-corrected chi connectivity index (χ3v) is 3.82. The fourth-order valence-electron chi connectivity index (χ4n) is 1.26. The van der Waals surface area contributed by atoms with Gasteiger partial charge >= 0.3 is 0 Å². The first-order chi connectivity index (χ1) is 7.59. The summed E-state index contributed by atoms with van der Waals surface area (Å²) in [4.78, 5) is 10.7. The first-order valence-electron chi connectivity index (χ1n) is 5.15. The number of thioether (sulfide) groups is 1. The molecule has 0 aromatic heterocycles. The van der Waals surface area contributed by atoms with E-state index in [0.717, 1.165) is 16.6 Å². The molecule has 0 unspecified atom stereocenters. The molecule has 1 aromatic carbocycles. The van der Waals surface area contributed by atoms with E-state index in [2.05, 4.69) is 53.2 Å². The van der Waals surface area contributed by atoms with Gasteiger partial charge in [0, 0.05) is 17.1 Å². The Hall–Kier alpha value is -0.540. The Morgan fingerprint density at radius 1 is 1.50 bits per heavy atom. The SMILES string of the molecule is CC(=O)SCCC=Cc1ccc(Br)c(C)c1. The van der Waals surface area contributed by atoms with Crippen molar-refractivity contribution < 1.29 is 4.79 Å². The predicted molar refractivity (Wildman–Crippen MR) is 75.7 cm³/mol. The van der Waals surface area contributed by atoms with Crippen LogP contribution in [0.2, 0.25) is 0 Å². The Labute approximate surface area is 109 Å². The van der Waals surface area contributed by atoms with Crippen LogP contribution in [0, 0.1) is 6.92 Å². The van der Waals surface area contributed by atoms with Crippen LogP contribution in [-0.4, -0.2) is 10.9 Å². The number of halogens is 1. The summed E-state index contributed by atoms with van der Waals surface area (Å²) < 4.78 is 1.14. The molecule has 1 nitrogen and oxygen atoms in total. The fourth-order valence-corrected chi connectivity index (χ4v) is 2.05. The van der Waals surface area contributed by atoms with Gasteiger partial charge < -0.3 is 0 Å². The minimum atomic E-state index is 0.188. The monoisotopic (exact) mass is 298 g/mol. The zero-order valence-electron chi connectivity index (χ0n) is 9.50. The Kier molecular flexibility index (Phi) is 5.85. The highest BCUT2D eigenvalue weighted by molar-refractivity contribution is 9.10. The lowest BCUT2D eigenvalue weighted by Gasteiger charge is -1.99. The van der Waals surface area contributed by atoms with Gasteiger partial charge in [0.1, 0.15) is 0 Å². The van der Waals surface area contributed by atoms with Crippen molar-refractivity contribution in [2.24, 2.45) is 0 Å². The second-order valence-electron chi connectivity index (χ2n) is 3.54. The highest BCUT2D eigenvalue weighted by Gasteiger charge is 1.94. The molecule has 0 aliphatic carbocycles. The molecule has 1 aromatic rings. The van der Waals surface area contributed by atoms with Crippen LogP contribution in [0.5, 0.6) is 0 Å². The molecule has 0 N–H and O–H groups in total. The zero-order chi connectivity index (χ0) is 12.0. The third kappa shape index (κ3) is 4.99. The van der Waals surface area contributed by atoms with Gasteiger partial charge in [-0.2, -0.15) is 0 Å². The summed E-state index contributed by atoms with van der Waals surface area (Å²) in [5.74, 6) is 0.862. The van der Waals surface area contributed by atoms with Crippen molar-refractivity contribution in [1.82, 2.24) is 0 Å². The summed E-state index contributed by atoms with van der Waals surface area (Å²) in [6, 6.07) is 6.27. The Balaban J connectivity index is 2.44. The molecule has 0 atom stereocenters. The molecule has 3 heteroatoms. The summed E-state index contributed by atoms with van der Waals surface area (Å²) in [7, 11) is 0. The van der Waals surface area contributed by atoms with Crippen molar-refractivity contribution in [3.05, 3.63) is 39.9 Å². The average Bonchev–Trinajstić information content (AvgIpc) is 2.22. The molecule has 86 valence electrons. The molecule has 0 fully saturated rings. The van der Waals surface area contributed by atoms with Crippen molar-refractivity contribution in [3.63, 3.8) is 0 Å². The van der Waals surface area contributed by atoms with E-state index in [4.69, 9.17) is 0 Å². The van der Waals surface area contributed by atoms with E-state index >= 15 is 0 Å². The fraction of sp³-hybridized carbons (Fsp3) is 0.308. The lowest BCUT2D eigenvalue weighted by molar-refractivity contribution is -0.109. The van der Waals surface area contributed by atoms with Gasteiger partial charge in [-0.25, -0.2) is 0 Å². The molecule has 0 aliphatic heterocycles. The Morgan fingerprint density at radius 3 is 2.88 bits per heavy atom. The molecule has 0 heterocycles. The van der Waals surface area contributed by atoms with Gasteiger partial charge in [-0.15, -0.1) is 0 Å². The van der Waals surface area contributed by atoms with Gasteiger partial charge in [-0.05, 0) is 30.5 Å². The number of carbonyl (C=O) groups is 1. The average molecular weight is 299 g/mol. The minimum absolute atomic E-state index is 0.188. The van der Waals surface area contributed by atoms with E-state index in [1.54, 1.807) is 6.92 Å². The van der Waals surface area contributed by atoms with Crippen LogP contribution < -0.4 is 0 Å². The van der Waals surface area contributed by atoms with Gasteiger partial charge in [0.2, 0.25) is 0 Å². The van der Waals surface area contributed by atoms with E-state index in [-0.39, 0.29) is 5.12 Å². The van der Waals surface area contributed by atoms with E-state index < -0.39 is 0 Å². The van der Waals surface area contributed by atoms with Crippen molar-refractivity contribution in [2.45, 2.75) is 20.3 Å². The van der Waals surface area contributed by atoms with E-state index in [1.807, 2.05) is 0 Å². The molecular formula is C13H15BrOS. The molecule has 0 amide bonds. The topological polar surface area (TPSA) is 17.1 Å². The van der Waals surface area contributed by atoms with Crippen LogP contribution in [0.4, 0.5) is 0 Å². The number of carbonyl (C=O) groups excluding carboxylic acids is 1. The van der Waals surface area contributed by atoms with Crippen LogP contribution in [0.15, 0.2) is 28.7 Å². The smallest absolute Gasteiger partial charge is 0.185 e. The maximum absolute atomic E-state index is 10.7. The number of allylic oxidation sites excluding steroid dienone is 1.